The smallest absolute Gasteiger partial charge is 0.258 e. The Hall–Kier alpha value is -4.46. The topological polar surface area (TPSA) is 84.1 Å². The van der Waals surface area contributed by atoms with Crippen molar-refractivity contribution in [1.29, 1.82) is 0 Å². The van der Waals surface area contributed by atoms with Gasteiger partial charge in [0, 0.05) is 42.8 Å². The summed E-state index contributed by atoms with van der Waals surface area (Å²) in [5, 5.41) is 1.15. The average Bonchev–Trinajstić information content (AvgIpc) is 3.41. The largest absolute Gasteiger partial charge is 0.497 e. The van der Waals surface area contributed by atoms with Crippen LogP contribution in [0.2, 0.25) is 0 Å². The van der Waals surface area contributed by atoms with E-state index in [9.17, 15) is 9.59 Å². The van der Waals surface area contributed by atoms with Crippen molar-refractivity contribution in [2.24, 2.45) is 0 Å². The number of aromatic amines is 1. The van der Waals surface area contributed by atoms with Gasteiger partial charge in [0.25, 0.3) is 5.91 Å². The minimum atomic E-state index is -0.254. The quantitative estimate of drug-likeness (QED) is 0.247. The van der Waals surface area contributed by atoms with Crippen LogP contribution < -0.4 is 14.2 Å². The number of hydrogen-bond donors (Lipinski definition) is 1. The summed E-state index contributed by atoms with van der Waals surface area (Å²) >= 11 is 0. The number of benzene rings is 3. The first-order valence-corrected chi connectivity index (χ1v) is 13.4. The Balaban J connectivity index is 1.56. The van der Waals surface area contributed by atoms with Crippen LogP contribution in [0.4, 0.5) is 0 Å². The van der Waals surface area contributed by atoms with Gasteiger partial charge >= 0.3 is 0 Å². The maximum atomic E-state index is 13.8. The maximum absolute atomic E-state index is 13.8. The Morgan fingerprint density at radius 3 is 2.25 bits per heavy atom. The molecule has 0 spiro atoms. The standard InChI is InChI=1S/C32H37N3O5/c1-5-17-35(32(37)28-15-14-26(39-3)19-30(28)40-4)22-31(36)34(21-23-10-12-25(38-2)13-11-23)18-16-24-20-33-29-9-7-6-8-27(24)29/h6-15,19-20,33H,5,16-18,21-22H2,1-4H3. The highest BCUT2D eigenvalue weighted by atomic mass is 16.5. The average molecular weight is 544 g/mol. The molecule has 1 heterocycles. The summed E-state index contributed by atoms with van der Waals surface area (Å²) in [7, 11) is 4.71. The highest BCUT2D eigenvalue weighted by Gasteiger charge is 2.25. The summed E-state index contributed by atoms with van der Waals surface area (Å²) in [5.74, 6) is 1.39. The van der Waals surface area contributed by atoms with Crippen LogP contribution in [-0.4, -0.2) is 67.6 Å². The van der Waals surface area contributed by atoms with E-state index in [4.69, 9.17) is 14.2 Å². The summed E-state index contributed by atoms with van der Waals surface area (Å²) < 4.78 is 16.0. The van der Waals surface area contributed by atoms with Crippen molar-refractivity contribution in [3.8, 4) is 17.2 Å². The number of rotatable bonds is 13. The number of nitrogens with one attached hydrogen (secondary N) is 1. The lowest BCUT2D eigenvalue weighted by Gasteiger charge is -2.28. The van der Waals surface area contributed by atoms with Crippen molar-refractivity contribution in [3.05, 3.63) is 89.6 Å². The lowest BCUT2D eigenvalue weighted by molar-refractivity contribution is -0.132. The van der Waals surface area contributed by atoms with Crippen molar-refractivity contribution in [3.63, 3.8) is 0 Å². The predicted octanol–water partition coefficient (Wildman–Crippen LogP) is 5.32. The van der Waals surface area contributed by atoms with E-state index < -0.39 is 0 Å². The van der Waals surface area contributed by atoms with E-state index in [1.54, 1.807) is 37.3 Å². The van der Waals surface area contributed by atoms with Gasteiger partial charge in [0.15, 0.2) is 0 Å². The lowest BCUT2D eigenvalue weighted by Crippen LogP contribution is -2.43. The Labute approximate surface area is 235 Å². The predicted molar refractivity (Wildman–Crippen MR) is 156 cm³/mol. The molecular weight excluding hydrogens is 506 g/mol. The van der Waals surface area contributed by atoms with E-state index in [0.717, 1.165) is 27.8 Å². The Morgan fingerprint density at radius 1 is 0.825 bits per heavy atom. The van der Waals surface area contributed by atoms with Crippen molar-refractivity contribution in [2.45, 2.75) is 26.3 Å². The minimum absolute atomic E-state index is 0.0358. The van der Waals surface area contributed by atoms with Gasteiger partial charge in [-0.25, -0.2) is 0 Å². The van der Waals surface area contributed by atoms with Crippen LogP contribution in [0.5, 0.6) is 17.2 Å². The number of hydrogen-bond acceptors (Lipinski definition) is 5. The van der Waals surface area contributed by atoms with Gasteiger partial charge in [0.1, 0.15) is 23.8 Å². The number of carbonyl (C=O) groups is 2. The molecule has 0 atom stereocenters. The van der Waals surface area contributed by atoms with Crippen LogP contribution >= 0.6 is 0 Å². The number of H-pyrrole nitrogens is 1. The highest BCUT2D eigenvalue weighted by molar-refractivity contribution is 5.99. The van der Waals surface area contributed by atoms with Gasteiger partial charge in [0.2, 0.25) is 5.91 Å². The summed E-state index contributed by atoms with van der Waals surface area (Å²) in [5.41, 5.74) is 3.59. The summed E-state index contributed by atoms with van der Waals surface area (Å²) in [6.07, 6.45) is 3.40. The van der Waals surface area contributed by atoms with E-state index in [1.165, 1.54) is 7.11 Å². The first kappa shape index (κ1) is 28.5. The van der Waals surface area contributed by atoms with Crippen LogP contribution in [0.1, 0.15) is 34.8 Å². The van der Waals surface area contributed by atoms with Gasteiger partial charge in [-0.15, -0.1) is 0 Å². The second kappa shape index (κ2) is 13.6. The molecule has 0 aliphatic heterocycles. The second-order valence-electron chi connectivity index (χ2n) is 9.57. The zero-order valence-corrected chi connectivity index (χ0v) is 23.6. The fourth-order valence-electron chi connectivity index (χ4n) is 4.77. The molecule has 0 fully saturated rings. The Kier molecular flexibility index (Phi) is 9.67. The molecule has 0 saturated carbocycles. The molecule has 0 unspecified atom stereocenters. The number of nitrogens with zero attached hydrogens (tertiary/aromatic N) is 2. The first-order valence-electron chi connectivity index (χ1n) is 13.4. The second-order valence-corrected chi connectivity index (χ2v) is 9.57. The summed E-state index contributed by atoms with van der Waals surface area (Å²) in [6, 6.07) is 20.9. The summed E-state index contributed by atoms with van der Waals surface area (Å²) in [6.45, 7) is 3.32. The number of ether oxygens (including phenoxy) is 3. The number of fused-ring (bicyclic) bond motifs is 1. The molecule has 0 radical (unpaired) electrons. The van der Waals surface area contributed by atoms with Crippen LogP contribution in [-0.2, 0) is 17.8 Å². The number of amides is 2. The Morgan fingerprint density at radius 2 is 1.55 bits per heavy atom. The van der Waals surface area contributed by atoms with Gasteiger partial charge in [-0.1, -0.05) is 37.3 Å². The number of methoxy groups -OCH3 is 3. The molecule has 0 bridgehead atoms. The van der Waals surface area contributed by atoms with E-state index in [-0.39, 0.29) is 18.4 Å². The maximum Gasteiger partial charge on any atom is 0.258 e. The molecule has 1 N–H and O–H groups in total. The zero-order valence-electron chi connectivity index (χ0n) is 23.6. The zero-order chi connectivity index (χ0) is 28.5. The molecule has 2 amide bonds. The van der Waals surface area contributed by atoms with E-state index >= 15 is 0 Å². The van der Waals surface area contributed by atoms with E-state index in [1.807, 2.05) is 60.5 Å². The highest BCUT2D eigenvalue weighted by Crippen LogP contribution is 2.26. The molecule has 210 valence electrons. The fourth-order valence-corrected chi connectivity index (χ4v) is 4.77. The molecule has 1 aromatic heterocycles. The van der Waals surface area contributed by atoms with Gasteiger partial charge in [-0.05, 0) is 54.3 Å². The third-order valence-corrected chi connectivity index (χ3v) is 6.96. The van der Waals surface area contributed by atoms with Gasteiger partial charge in [-0.3, -0.25) is 9.59 Å². The van der Waals surface area contributed by atoms with E-state index in [2.05, 4.69) is 11.1 Å². The van der Waals surface area contributed by atoms with Crippen LogP contribution in [0, 0.1) is 0 Å². The molecule has 0 saturated heterocycles. The lowest BCUT2D eigenvalue weighted by atomic mass is 10.1. The SMILES string of the molecule is CCCN(CC(=O)N(CCc1c[nH]c2ccccc12)Cc1ccc(OC)cc1)C(=O)c1ccc(OC)cc1OC. The molecule has 4 aromatic rings. The monoisotopic (exact) mass is 543 g/mol. The normalized spacial score (nSPS) is 10.8. The number of aromatic nitrogens is 1. The van der Waals surface area contributed by atoms with Crippen molar-refractivity contribution >= 4 is 22.7 Å². The molecule has 4 rings (SSSR count). The number of para-hydroxylation sites is 1. The molecule has 8 heteroatoms. The molecular formula is C32H37N3O5. The molecule has 3 aromatic carbocycles. The molecule has 40 heavy (non-hydrogen) atoms. The van der Waals surface area contributed by atoms with Gasteiger partial charge in [0.05, 0.1) is 26.9 Å². The first-order chi connectivity index (χ1) is 19.5. The van der Waals surface area contributed by atoms with Crippen LogP contribution in [0.15, 0.2) is 72.9 Å². The third-order valence-electron chi connectivity index (χ3n) is 6.96. The van der Waals surface area contributed by atoms with Gasteiger partial charge < -0.3 is 29.0 Å². The third kappa shape index (κ3) is 6.75. The number of carbonyl (C=O) groups excluding carboxylic acids is 2. The Bertz CT molecular complexity index is 1430. The molecule has 8 nitrogen and oxygen atoms in total. The van der Waals surface area contributed by atoms with Crippen molar-refractivity contribution in [2.75, 3.05) is 41.0 Å². The van der Waals surface area contributed by atoms with Crippen molar-refractivity contribution < 1.29 is 23.8 Å². The van der Waals surface area contributed by atoms with Gasteiger partial charge in [-0.2, -0.15) is 0 Å². The van der Waals surface area contributed by atoms with Crippen molar-refractivity contribution in [1.82, 2.24) is 14.8 Å². The summed E-state index contributed by atoms with van der Waals surface area (Å²) in [4.78, 5) is 34.2. The van der Waals surface area contributed by atoms with E-state index in [0.29, 0.717) is 49.5 Å². The van der Waals surface area contributed by atoms with Crippen LogP contribution in [0.25, 0.3) is 10.9 Å². The fraction of sp³-hybridized carbons (Fsp3) is 0.312. The van der Waals surface area contributed by atoms with Crippen LogP contribution in [0.3, 0.4) is 0 Å². The molecule has 0 aliphatic rings. The molecule has 0 aliphatic carbocycles. The minimum Gasteiger partial charge on any atom is -0.497 e.